The topological polar surface area (TPSA) is 71.4 Å². The Morgan fingerprint density at radius 3 is 2.69 bits per heavy atom. The van der Waals surface area contributed by atoms with Crippen LogP contribution in [0, 0.1) is 5.82 Å². The first-order valence-corrected chi connectivity index (χ1v) is 8.22. The molecule has 7 heteroatoms. The summed E-state index contributed by atoms with van der Waals surface area (Å²) in [6.45, 7) is 1.22. The van der Waals surface area contributed by atoms with Crippen LogP contribution in [0.15, 0.2) is 67.4 Å². The summed E-state index contributed by atoms with van der Waals surface area (Å²) in [6, 6.07) is 14.8. The molecule has 130 valence electrons. The van der Waals surface area contributed by atoms with E-state index >= 15 is 0 Å². The van der Waals surface area contributed by atoms with Crippen LogP contribution in [0.2, 0.25) is 0 Å². The molecule has 0 saturated heterocycles. The molecule has 0 saturated carbocycles. The third-order valence-corrected chi connectivity index (χ3v) is 4.11. The zero-order valence-electron chi connectivity index (χ0n) is 13.9. The van der Waals surface area contributed by atoms with Gasteiger partial charge in [-0.2, -0.15) is 10.2 Å². The highest BCUT2D eigenvalue weighted by Gasteiger charge is 2.11. The van der Waals surface area contributed by atoms with Gasteiger partial charge in [0.05, 0.1) is 18.4 Å². The SMILES string of the molecule is Fc1ccccc1-c1[nH]ncc1CNc1ccc(Cn2cncn2)cc1. The summed E-state index contributed by atoms with van der Waals surface area (Å²) in [6.07, 6.45) is 4.93. The van der Waals surface area contributed by atoms with Gasteiger partial charge >= 0.3 is 0 Å². The van der Waals surface area contributed by atoms with Crippen LogP contribution in [0.5, 0.6) is 0 Å². The second-order valence-corrected chi connectivity index (χ2v) is 5.89. The molecule has 2 heterocycles. The first-order valence-electron chi connectivity index (χ1n) is 8.22. The van der Waals surface area contributed by atoms with Crippen LogP contribution in [-0.4, -0.2) is 25.0 Å². The number of hydrogen-bond acceptors (Lipinski definition) is 4. The predicted molar refractivity (Wildman–Crippen MR) is 96.9 cm³/mol. The molecule has 2 N–H and O–H groups in total. The van der Waals surface area contributed by atoms with Crippen molar-refractivity contribution in [1.29, 1.82) is 0 Å². The van der Waals surface area contributed by atoms with Crippen LogP contribution in [0.4, 0.5) is 10.1 Å². The molecule has 2 aromatic heterocycles. The standard InChI is InChI=1S/C19H17FN6/c20-18-4-2-1-3-17(18)19-15(10-23-25-19)9-22-16-7-5-14(6-8-16)11-26-13-21-12-24-26/h1-8,10,12-13,22H,9,11H2,(H,23,25). The molecule has 2 aromatic carbocycles. The van der Waals surface area contributed by atoms with Gasteiger partial charge in [0.2, 0.25) is 0 Å². The van der Waals surface area contributed by atoms with Crippen molar-refractivity contribution in [3.63, 3.8) is 0 Å². The third-order valence-electron chi connectivity index (χ3n) is 4.11. The number of H-pyrrole nitrogens is 1. The van der Waals surface area contributed by atoms with Crippen molar-refractivity contribution in [3.8, 4) is 11.3 Å². The highest BCUT2D eigenvalue weighted by molar-refractivity contribution is 5.63. The molecule has 4 aromatic rings. The molecule has 0 spiro atoms. The van der Waals surface area contributed by atoms with Gasteiger partial charge in [-0.05, 0) is 29.8 Å². The zero-order valence-corrected chi connectivity index (χ0v) is 13.9. The van der Waals surface area contributed by atoms with Crippen molar-refractivity contribution in [3.05, 3.63) is 84.3 Å². The van der Waals surface area contributed by atoms with Crippen molar-refractivity contribution >= 4 is 5.69 Å². The second-order valence-electron chi connectivity index (χ2n) is 5.89. The highest BCUT2D eigenvalue weighted by Crippen LogP contribution is 2.24. The van der Waals surface area contributed by atoms with Crippen molar-refractivity contribution in [2.75, 3.05) is 5.32 Å². The van der Waals surface area contributed by atoms with Crippen LogP contribution in [0.25, 0.3) is 11.3 Å². The van der Waals surface area contributed by atoms with E-state index in [0.29, 0.717) is 24.3 Å². The van der Waals surface area contributed by atoms with Gasteiger partial charge in [0.15, 0.2) is 0 Å². The van der Waals surface area contributed by atoms with Crippen LogP contribution in [0.1, 0.15) is 11.1 Å². The molecule has 0 aliphatic carbocycles. The van der Waals surface area contributed by atoms with Crippen LogP contribution >= 0.6 is 0 Å². The summed E-state index contributed by atoms with van der Waals surface area (Å²) in [7, 11) is 0. The second kappa shape index (κ2) is 7.18. The minimum atomic E-state index is -0.268. The number of anilines is 1. The fourth-order valence-corrected chi connectivity index (χ4v) is 2.77. The normalized spacial score (nSPS) is 10.8. The lowest BCUT2D eigenvalue weighted by Gasteiger charge is -2.09. The maximum absolute atomic E-state index is 14.0. The Bertz CT molecular complexity index is 975. The van der Waals surface area contributed by atoms with E-state index in [9.17, 15) is 4.39 Å². The van der Waals surface area contributed by atoms with Crippen molar-refractivity contribution in [2.45, 2.75) is 13.1 Å². The highest BCUT2D eigenvalue weighted by atomic mass is 19.1. The molecular weight excluding hydrogens is 331 g/mol. The van der Waals surface area contributed by atoms with Crippen molar-refractivity contribution in [2.24, 2.45) is 0 Å². The maximum Gasteiger partial charge on any atom is 0.137 e. The van der Waals surface area contributed by atoms with Gasteiger partial charge in [-0.1, -0.05) is 24.3 Å². The van der Waals surface area contributed by atoms with Crippen LogP contribution in [-0.2, 0) is 13.1 Å². The predicted octanol–water partition coefficient (Wildman–Crippen LogP) is 3.47. The van der Waals surface area contributed by atoms with E-state index < -0.39 is 0 Å². The summed E-state index contributed by atoms with van der Waals surface area (Å²) >= 11 is 0. The average Bonchev–Trinajstić information content (AvgIpc) is 3.33. The zero-order chi connectivity index (χ0) is 17.8. The van der Waals surface area contributed by atoms with Gasteiger partial charge in [0.25, 0.3) is 0 Å². The summed E-state index contributed by atoms with van der Waals surface area (Å²) in [4.78, 5) is 3.94. The van der Waals surface area contributed by atoms with E-state index in [-0.39, 0.29) is 5.82 Å². The molecular formula is C19H17FN6. The first kappa shape index (κ1) is 16.0. The minimum absolute atomic E-state index is 0.268. The Labute approximate surface area is 149 Å². The summed E-state index contributed by atoms with van der Waals surface area (Å²) in [5, 5.41) is 14.4. The number of nitrogens with one attached hydrogen (secondary N) is 2. The Morgan fingerprint density at radius 2 is 1.92 bits per heavy atom. The molecule has 0 atom stereocenters. The molecule has 0 radical (unpaired) electrons. The van der Waals surface area contributed by atoms with E-state index in [2.05, 4.69) is 25.6 Å². The summed E-state index contributed by atoms with van der Waals surface area (Å²) in [5.41, 5.74) is 4.23. The number of halogens is 1. The van der Waals surface area contributed by atoms with Crippen LogP contribution in [0.3, 0.4) is 0 Å². The molecule has 6 nitrogen and oxygen atoms in total. The fraction of sp³-hybridized carbons (Fsp3) is 0.105. The summed E-state index contributed by atoms with van der Waals surface area (Å²) in [5.74, 6) is -0.268. The monoisotopic (exact) mass is 348 g/mol. The lowest BCUT2D eigenvalue weighted by atomic mass is 10.1. The third kappa shape index (κ3) is 3.46. The number of aromatic amines is 1. The molecule has 0 unspecified atom stereocenters. The Morgan fingerprint density at radius 1 is 1.08 bits per heavy atom. The van der Waals surface area contributed by atoms with E-state index in [1.807, 2.05) is 30.3 Å². The van der Waals surface area contributed by atoms with Crippen molar-refractivity contribution in [1.82, 2.24) is 25.0 Å². The summed E-state index contributed by atoms with van der Waals surface area (Å²) < 4.78 is 15.8. The Hall–Kier alpha value is -3.48. The number of rotatable bonds is 6. The molecule has 0 amide bonds. The average molecular weight is 348 g/mol. The molecule has 0 fully saturated rings. The number of benzene rings is 2. The number of nitrogens with zero attached hydrogens (tertiary/aromatic N) is 4. The van der Waals surface area contributed by atoms with Gasteiger partial charge in [0, 0.05) is 23.4 Å². The quantitative estimate of drug-likeness (QED) is 0.560. The largest absolute Gasteiger partial charge is 0.381 e. The van der Waals surface area contributed by atoms with E-state index in [0.717, 1.165) is 16.8 Å². The molecule has 0 bridgehead atoms. The first-order chi connectivity index (χ1) is 12.8. The molecule has 4 rings (SSSR count). The Balaban J connectivity index is 1.44. The lowest BCUT2D eigenvalue weighted by molar-refractivity contribution is 0.630. The molecule has 26 heavy (non-hydrogen) atoms. The van der Waals surface area contributed by atoms with Gasteiger partial charge in [-0.15, -0.1) is 0 Å². The molecule has 0 aliphatic heterocycles. The van der Waals surface area contributed by atoms with Gasteiger partial charge in [-0.25, -0.2) is 14.1 Å². The smallest absolute Gasteiger partial charge is 0.137 e. The minimum Gasteiger partial charge on any atom is -0.381 e. The van der Waals surface area contributed by atoms with E-state index in [1.165, 1.54) is 12.4 Å². The van der Waals surface area contributed by atoms with E-state index in [4.69, 9.17) is 0 Å². The van der Waals surface area contributed by atoms with E-state index in [1.54, 1.807) is 29.3 Å². The lowest BCUT2D eigenvalue weighted by Crippen LogP contribution is -2.02. The number of hydrogen-bond donors (Lipinski definition) is 2. The van der Waals surface area contributed by atoms with Crippen LogP contribution < -0.4 is 5.32 Å². The van der Waals surface area contributed by atoms with Gasteiger partial charge < -0.3 is 5.32 Å². The maximum atomic E-state index is 14.0. The Kier molecular flexibility index (Phi) is 4.42. The number of aromatic nitrogens is 5. The van der Waals surface area contributed by atoms with Gasteiger partial charge in [-0.3, -0.25) is 5.10 Å². The van der Waals surface area contributed by atoms with Gasteiger partial charge in [0.1, 0.15) is 18.5 Å². The molecule has 0 aliphatic rings. The fourth-order valence-electron chi connectivity index (χ4n) is 2.77. The van der Waals surface area contributed by atoms with Crippen molar-refractivity contribution < 1.29 is 4.39 Å².